The fourth-order valence-electron chi connectivity index (χ4n) is 1.06. The summed E-state index contributed by atoms with van der Waals surface area (Å²) in [5.74, 6) is -0.212. The Morgan fingerprint density at radius 3 is 2.46 bits per heavy atom. The Morgan fingerprint density at radius 2 is 2.15 bits per heavy atom. The first-order valence-electron chi connectivity index (χ1n) is 3.59. The van der Waals surface area contributed by atoms with E-state index in [-0.39, 0.29) is 18.3 Å². The Morgan fingerprint density at radius 1 is 1.62 bits per heavy atom. The lowest BCUT2D eigenvalue weighted by atomic mass is 10.3. The number of amides is 1. The number of anilines is 1. The standard InChI is InChI=1S/C7H12N4O.ClH/c1-4-5(8)6(7(12)9-2)11(3)10-4;/h8H2,1-3H3,(H,9,12);1H. The lowest BCUT2D eigenvalue weighted by Gasteiger charge is -2.00. The second-order valence-electron chi connectivity index (χ2n) is 2.55. The van der Waals surface area contributed by atoms with Crippen molar-refractivity contribution in [1.29, 1.82) is 0 Å². The van der Waals surface area contributed by atoms with Crippen LogP contribution in [-0.4, -0.2) is 22.7 Å². The predicted octanol–water partition coefficient (Wildman–Crippen LogP) is 0.0921. The molecule has 0 spiro atoms. The van der Waals surface area contributed by atoms with E-state index in [4.69, 9.17) is 5.73 Å². The average Bonchev–Trinajstić information content (AvgIpc) is 2.26. The highest BCUT2D eigenvalue weighted by atomic mass is 35.5. The minimum atomic E-state index is -0.212. The number of nitrogen functional groups attached to an aromatic ring is 1. The molecule has 1 rings (SSSR count). The molecule has 74 valence electrons. The van der Waals surface area contributed by atoms with Crippen LogP contribution in [0.1, 0.15) is 16.2 Å². The van der Waals surface area contributed by atoms with Crippen molar-refractivity contribution in [2.24, 2.45) is 7.05 Å². The van der Waals surface area contributed by atoms with Crippen molar-refractivity contribution in [3.8, 4) is 0 Å². The third-order valence-electron chi connectivity index (χ3n) is 1.71. The molecule has 0 saturated heterocycles. The van der Waals surface area contributed by atoms with Crippen LogP contribution in [0.4, 0.5) is 5.69 Å². The molecule has 0 atom stereocenters. The normalized spacial score (nSPS) is 9.15. The highest BCUT2D eigenvalue weighted by Gasteiger charge is 2.15. The van der Waals surface area contributed by atoms with Crippen LogP contribution in [0.15, 0.2) is 0 Å². The molecule has 0 aliphatic carbocycles. The first kappa shape index (κ1) is 11.8. The third kappa shape index (κ3) is 1.92. The first-order chi connectivity index (χ1) is 5.57. The van der Waals surface area contributed by atoms with Crippen molar-refractivity contribution in [2.75, 3.05) is 12.8 Å². The number of rotatable bonds is 1. The summed E-state index contributed by atoms with van der Waals surface area (Å²) in [5.41, 5.74) is 7.17. The van der Waals surface area contributed by atoms with Crippen LogP contribution in [0.25, 0.3) is 0 Å². The van der Waals surface area contributed by atoms with Crippen LogP contribution in [0.3, 0.4) is 0 Å². The van der Waals surface area contributed by atoms with Crippen LogP contribution in [0.2, 0.25) is 0 Å². The predicted molar refractivity (Wildman–Crippen MR) is 53.0 cm³/mol. The van der Waals surface area contributed by atoms with Gasteiger partial charge >= 0.3 is 0 Å². The molecule has 0 aliphatic rings. The highest BCUT2D eigenvalue weighted by Crippen LogP contribution is 2.14. The molecule has 3 N–H and O–H groups in total. The Labute approximate surface area is 82.7 Å². The third-order valence-corrected chi connectivity index (χ3v) is 1.71. The number of nitrogens with one attached hydrogen (secondary N) is 1. The van der Waals surface area contributed by atoms with Crippen LogP contribution < -0.4 is 11.1 Å². The van der Waals surface area contributed by atoms with Crippen LogP contribution in [0, 0.1) is 6.92 Å². The summed E-state index contributed by atoms with van der Waals surface area (Å²) in [5, 5.41) is 6.51. The zero-order valence-electron chi connectivity index (χ0n) is 7.79. The molecule has 1 amide bonds. The molecule has 1 aromatic heterocycles. The van der Waals surface area contributed by atoms with E-state index < -0.39 is 0 Å². The molecule has 0 radical (unpaired) electrons. The summed E-state index contributed by atoms with van der Waals surface area (Å²) in [6.45, 7) is 1.77. The fraction of sp³-hybridized carbons (Fsp3) is 0.429. The molecule has 0 saturated carbocycles. The van der Waals surface area contributed by atoms with Crippen molar-refractivity contribution < 1.29 is 4.79 Å². The number of nitrogens with zero attached hydrogens (tertiary/aromatic N) is 2. The number of aryl methyl sites for hydroxylation is 2. The number of hydrogen-bond acceptors (Lipinski definition) is 3. The smallest absolute Gasteiger partial charge is 0.271 e. The molecular formula is C7H13ClN4O. The fourth-order valence-corrected chi connectivity index (χ4v) is 1.06. The molecule has 0 aromatic carbocycles. The maximum Gasteiger partial charge on any atom is 0.271 e. The van der Waals surface area contributed by atoms with Gasteiger partial charge in [0.05, 0.1) is 11.4 Å². The number of nitrogens with two attached hydrogens (primary N) is 1. The first-order valence-corrected chi connectivity index (χ1v) is 3.59. The lowest BCUT2D eigenvalue weighted by Crippen LogP contribution is -2.22. The van der Waals surface area contributed by atoms with E-state index in [2.05, 4.69) is 10.4 Å². The molecule has 13 heavy (non-hydrogen) atoms. The van der Waals surface area contributed by atoms with Crippen LogP contribution in [0.5, 0.6) is 0 Å². The second-order valence-corrected chi connectivity index (χ2v) is 2.55. The number of hydrogen-bond donors (Lipinski definition) is 2. The van der Waals surface area contributed by atoms with Gasteiger partial charge in [-0.15, -0.1) is 12.4 Å². The van der Waals surface area contributed by atoms with E-state index in [1.54, 1.807) is 21.0 Å². The number of halogens is 1. The molecule has 0 bridgehead atoms. The van der Waals surface area contributed by atoms with E-state index in [1.165, 1.54) is 4.68 Å². The van der Waals surface area contributed by atoms with Gasteiger partial charge in [0.1, 0.15) is 5.69 Å². The van der Waals surface area contributed by atoms with E-state index in [1.807, 2.05) is 0 Å². The molecule has 1 aromatic rings. The second kappa shape index (κ2) is 4.13. The monoisotopic (exact) mass is 204 g/mol. The van der Waals surface area contributed by atoms with Gasteiger partial charge in [0.25, 0.3) is 5.91 Å². The van der Waals surface area contributed by atoms with Crippen molar-refractivity contribution in [3.05, 3.63) is 11.4 Å². The largest absolute Gasteiger partial charge is 0.395 e. The van der Waals surface area contributed by atoms with E-state index in [0.717, 1.165) is 0 Å². The number of carbonyl (C=O) groups is 1. The topological polar surface area (TPSA) is 72.9 Å². The van der Waals surface area contributed by atoms with E-state index in [0.29, 0.717) is 17.1 Å². The minimum Gasteiger partial charge on any atom is -0.395 e. The zero-order chi connectivity index (χ0) is 9.30. The van der Waals surface area contributed by atoms with Crippen molar-refractivity contribution in [1.82, 2.24) is 15.1 Å². The average molecular weight is 205 g/mol. The maximum absolute atomic E-state index is 11.2. The Balaban J connectivity index is 0.00000144. The van der Waals surface area contributed by atoms with Gasteiger partial charge < -0.3 is 11.1 Å². The summed E-state index contributed by atoms with van der Waals surface area (Å²) in [7, 11) is 3.25. The van der Waals surface area contributed by atoms with Gasteiger partial charge in [-0.05, 0) is 6.92 Å². The molecular weight excluding hydrogens is 192 g/mol. The van der Waals surface area contributed by atoms with Gasteiger partial charge in [0.15, 0.2) is 0 Å². The van der Waals surface area contributed by atoms with Crippen LogP contribution in [-0.2, 0) is 7.05 Å². The summed E-state index contributed by atoms with van der Waals surface area (Å²) in [4.78, 5) is 11.2. The summed E-state index contributed by atoms with van der Waals surface area (Å²) < 4.78 is 1.48. The van der Waals surface area contributed by atoms with Crippen LogP contribution >= 0.6 is 12.4 Å². The maximum atomic E-state index is 11.2. The van der Waals surface area contributed by atoms with Crippen molar-refractivity contribution in [3.63, 3.8) is 0 Å². The molecule has 0 fully saturated rings. The Hall–Kier alpha value is -1.23. The quantitative estimate of drug-likeness (QED) is 0.681. The van der Waals surface area contributed by atoms with E-state index in [9.17, 15) is 4.79 Å². The van der Waals surface area contributed by atoms with Gasteiger partial charge in [-0.2, -0.15) is 5.10 Å². The lowest BCUT2D eigenvalue weighted by molar-refractivity contribution is 0.0954. The van der Waals surface area contributed by atoms with Crippen molar-refractivity contribution >= 4 is 24.0 Å². The summed E-state index contributed by atoms with van der Waals surface area (Å²) >= 11 is 0. The Bertz CT molecular complexity index is 321. The zero-order valence-corrected chi connectivity index (χ0v) is 8.60. The molecule has 5 nitrogen and oxygen atoms in total. The summed E-state index contributed by atoms with van der Waals surface area (Å²) in [6, 6.07) is 0. The number of aromatic nitrogens is 2. The molecule has 0 aliphatic heterocycles. The molecule has 1 heterocycles. The van der Waals surface area contributed by atoms with Gasteiger partial charge in [-0.25, -0.2) is 0 Å². The highest BCUT2D eigenvalue weighted by molar-refractivity contribution is 5.97. The minimum absolute atomic E-state index is 0. The Kier molecular flexibility index (Phi) is 3.74. The molecule has 0 unspecified atom stereocenters. The van der Waals surface area contributed by atoms with Crippen molar-refractivity contribution in [2.45, 2.75) is 6.92 Å². The summed E-state index contributed by atoms with van der Waals surface area (Å²) in [6.07, 6.45) is 0. The van der Waals surface area contributed by atoms with E-state index >= 15 is 0 Å². The van der Waals surface area contributed by atoms with Gasteiger partial charge in [-0.3, -0.25) is 9.48 Å². The molecule has 6 heteroatoms. The number of carbonyl (C=O) groups excluding carboxylic acids is 1. The van der Waals surface area contributed by atoms with Gasteiger partial charge in [0, 0.05) is 14.1 Å². The SMILES string of the molecule is CNC(=O)c1c(N)c(C)nn1C.Cl. The van der Waals surface area contributed by atoms with Gasteiger partial charge in [-0.1, -0.05) is 0 Å². The van der Waals surface area contributed by atoms with Gasteiger partial charge in [0.2, 0.25) is 0 Å².